The Morgan fingerprint density at radius 3 is 2.20 bits per heavy atom. The van der Waals surface area contributed by atoms with E-state index in [0.29, 0.717) is 28.4 Å². The van der Waals surface area contributed by atoms with Gasteiger partial charge < -0.3 is 9.47 Å². The number of benzene rings is 2. The lowest BCUT2D eigenvalue weighted by molar-refractivity contribution is -0.0598. The van der Waals surface area contributed by atoms with Crippen LogP contribution in [0, 0.1) is 40.4 Å². The van der Waals surface area contributed by atoms with Crippen molar-refractivity contribution in [3.05, 3.63) is 95.6 Å². The highest BCUT2D eigenvalue weighted by Gasteiger charge is 2.59. The molecule has 3 saturated carbocycles. The molecule has 4 aliphatic rings. The third kappa shape index (κ3) is 6.19. The Balaban J connectivity index is 1.08. The van der Waals surface area contributed by atoms with Gasteiger partial charge in [0.2, 0.25) is 0 Å². The largest absolute Gasteiger partial charge is 0.458 e. The number of esters is 2. The second-order valence-corrected chi connectivity index (χ2v) is 15.3. The van der Waals surface area contributed by atoms with E-state index in [4.69, 9.17) is 9.47 Å². The van der Waals surface area contributed by atoms with Gasteiger partial charge in [-0.15, -0.1) is 0 Å². The molecule has 0 aromatic heterocycles. The van der Waals surface area contributed by atoms with Gasteiger partial charge in [0.15, 0.2) is 0 Å². The molecule has 4 nitrogen and oxygen atoms in total. The molecule has 0 N–H and O–H groups in total. The molecule has 4 aliphatic carbocycles. The van der Waals surface area contributed by atoms with Crippen LogP contribution < -0.4 is 0 Å². The zero-order valence-corrected chi connectivity index (χ0v) is 27.8. The fourth-order valence-electron chi connectivity index (χ4n) is 10.3. The minimum atomic E-state index is -0.260. The van der Waals surface area contributed by atoms with Gasteiger partial charge in [0.05, 0.1) is 11.1 Å². The second kappa shape index (κ2) is 12.9. The van der Waals surface area contributed by atoms with Crippen LogP contribution in [0.1, 0.15) is 113 Å². The third-order valence-electron chi connectivity index (χ3n) is 12.8. The molecular weight excluding hydrogens is 556 g/mol. The van der Waals surface area contributed by atoms with E-state index in [-0.39, 0.29) is 29.6 Å². The summed E-state index contributed by atoms with van der Waals surface area (Å²) in [7, 11) is 0. The molecule has 0 unspecified atom stereocenters. The lowest BCUT2D eigenvalue weighted by atomic mass is 9.47. The lowest BCUT2D eigenvalue weighted by Gasteiger charge is -2.58. The average Bonchev–Trinajstić information content (AvgIpc) is 3.41. The Morgan fingerprint density at radius 2 is 1.53 bits per heavy atom. The number of hydrogen-bond acceptors (Lipinski definition) is 4. The van der Waals surface area contributed by atoms with Crippen molar-refractivity contribution >= 4 is 11.9 Å². The fourth-order valence-corrected chi connectivity index (χ4v) is 10.3. The highest BCUT2D eigenvalue weighted by Crippen LogP contribution is 2.67. The lowest BCUT2D eigenvalue weighted by Crippen LogP contribution is -2.51. The van der Waals surface area contributed by atoms with E-state index in [2.05, 4.69) is 33.4 Å². The zero-order chi connectivity index (χ0) is 31.8. The van der Waals surface area contributed by atoms with Gasteiger partial charge >= 0.3 is 11.9 Å². The Labute approximate surface area is 270 Å². The summed E-state index contributed by atoms with van der Waals surface area (Å²) in [6.45, 7) is 13.7. The summed E-state index contributed by atoms with van der Waals surface area (Å²) in [5.74, 6) is 3.05. The van der Waals surface area contributed by atoms with E-state index in [1.807, 2.05) is 67.6 Å². The maximum absolute atomic E-state index is 12.8. The number of carbonyl (C=O) groups excluding carboxylic acids is 2. The first-order valence-corrected chi connectivity index (χ1v) is 17.5. The first-order valence-electron chi connectivity index (χ1n) is 17.5. The second-order valence-electron chi connectivity index (χ2n) is 15.3. The quantitative estimate of drug-likeness (QED) is 0.210. The van der Waals surface area contributed by atoms with Crippen molar-refractivity contribution in [1.82, 2.24) is 0 Å². The monoisotopic (exact) mass is 608 g/mol. The molecule has 9 atom stereocenters. The van der Waals surface area contributed by atoms with E-state index in [1.165, 1.54) is 32.1 Å². The summed E-state index contributed by atoms with van der Waals surface area (Å²) in [6, 6.07) is 18.7. The van der Waals surface area contributed by atoms with Crippen LogP contribution >= 0.6 is 0 Å². The van der Waals surface area contributed by atoms with Crippen LogP contribution in [0.25, 0.3) is 0 Å². The van der Waals surface area contributed by atoms with Crippen molar-refractivity contribution in [2.24, 2.45) is 40.4 Å². The van der Waals surface area contributed by atoms with Crippen molar-refractivity contribution < 1.29 is 19.1 Å². The number of carbonyl (C=O) groups is 2. The number of fused-ring (bicyclic) bond motifs is 5. The summed E-state index contributed by atoms with van der Waals surface area (Å²) in [6.07, 6.45) is 13.5. The van der Waals surface area contributed by atoms with E-state index in [9.17, 15) is 9.59 Å². The average molecular weight is 609 g/mol. The molecule has 2 aromatic rings. The maximum Gasteiger partial charge on any atom is 0.338 e. The van der Waals surface area contributed by atoms with Gasteiger partial charge in [-0.25, -0.2) is 9.59 Å². The molecule has 45 heavy (non-hydrogen) atoms. The molecule has 0 spiro atoms. The van der Waals surface area contributed by atoms with Crippen LogP contribution in [0.15, 0.2) is 84.5 Å². The van der Waals surface area contributed by atoms with Gasteiger partial charge in [0.25, 0.3) is 0 Å². The minimum absolute atomic E-state index is 0.0193. The van der Waals surface area contributed by atoms with Crippen molar-refractivity contribution in [3.63, 3.8) is 0 Å². The first kappa shape index (κ1) is 31.8. The smallest absolute Gasteiger partial charge is 0.338 e. The van der Waals surface area contributed by atoms with E-state index in [0.717, 1.165) is 55.4 Å². The Kier molecular flexibility index (Phi) is 9.14. The summed E-state index contributed by atoms with van der Waals surface area (Å²) in [5, 5.41) is 0. The van der Waals surface area contributed by atoms with Crippen LogP contribution in [0.2, 0.25) is 0 Å². The molecule has 0 amide bonds. The number of ether oxygens (including phenoxy) is 2. The predicted octanol–water partition coefficient (Wildman–Crippen LogP) is 10.0. The molecular formula is C41H52O4. The third-order valence-corrected chi connectivity index (χ3v) is 12.8. The van der Waals surface area contributed by atoms with Crippen molar-refractivity contribution in [3.8, 4) is 0 Å². The Hall–Kier alpha value is -3.14. The normalized spacial score (nSPS) is 33.4. The predicted molar refractivity (Wildman–Crippen MR) is 180 cm³/mol. The van der Waals surface area contributed by atoms with Crippen LogP contribution in [0.5, 0.6) is 0 Å². The van der Waals surface area contributed by atoms with Crippen LogP contribution in [0.3, 0.4) is 0 Å². The van der Waals surface area contributed by atoms with E-state index >= 15 is 0 Å². The summed E-state index contributed by atoms with van der Waals surface area (Å²) >= 11 is 0. The zero-order valence-electron chi connectivity index (χ0n) is 27.8. The van der Waals surface area contributed by atoms with Crippen LogP contribution in [-0.4, -0.2) is 24.1 Å². The molecule has 0 saturated heterocycles. The van der Waals surface area contributed by atoms with Crippen molar-refractivity contribution in [2.75, 3.05) is 0 Å². The van der Waals surface area contributed by atoms with Gasteiger partial charge in [-0.05, 0) is 135 Å². The number of rotatable bonds is 9. The topological polar surface area (TPSA) is 52.6 Å². The van der Waals surface area contributed by atoms with E-state index < -0.39 is 0 Å². The fraction of sp³-hybridized carbons (Fsp3) is 0.561. The molecule has 2 aromatic carbocycles. The molecule has 6 rings (SSSR count). The van der Waals surface area contributed by atoms with Gasteiger partial charge in [-0.3, -0.25) is 0 Å². The standard InChI is InChI=1S/C41H52O4/c1-27(2)37(45-39(43)30-14-10-7-11-15-30)21-16-28(3)34-19-20-35-33-18-17-31-26-32(44-38(42)29-12-8-6-9-13-29)22-24-40(31,4)36(33)23-25-41(34,35)5/h6-15,17,28,32-37H,1,16,18-26H2,2-5H3/t28-,32+,33+,34-,35+,36+,37+,40+,41-/m1/s1. The van der Waals surface area contributed by atoms with Gasteiger partial charge in [0, 0.05) is 6.42 Å². The molecule has 0 bridgehead atoms. The Bertz CT molecular complexity index is 1410. The van der Waals surface area contributed by atoms with E-state index in [1.54, 1.807) is 5.57 Å². The highest BCUT2D eigenvalue weighted by atomic mass is 16.5. The summed E-state index contributed by atoms with van der Waals surface area (Å²) < 4.78 is 12.0. The SMILES string of the molecule is C=C(C)[C@H](CC[C@@H](C)[C@H]1CC[C@H]2[C@@H]3CC=C4C[C@@H](OC(=O)c5ccccc5)CC[C@]4(C)[C@H]3CC[C@]12C)OC(=O)c1ccccc1. The van der Waals surface area contributed by atoms with Crippen molar-refractivity contribution in [2.45, 2.75) is 104 Å². The molecule has 0 aliphatic heterocycles. The maximum atomic E-state index is 12.8. The van der Waals surface area contributed by atoms with Crippen LogP contribution in [0.4, 0.5) is 0 Å². The molecule has 4 heteroatoms. The summed E-state index contributed by atoms with van der Waals surface area (Å²) in [5.41, 5.74) is 4.29. The highest BCUT2D eigenvalue weighted by molar-refractivity contribution is 5.90. The number of allylic oxidation sites excluding steroid dienone is 1. The van der Waals surface area contributed by atoms with Crippen LogP contribution in [-0.2, 0) is 9.47 Å². The molecule has 0 heterocycles. The number of hydrogen-bond donors (Lipinski definition) is 0. The van der Waals surface area contributed by atoms with Gasteiger partial charge in [-0.2, -0.15) is 0 Å². The molecule has 3 fully saturated rings. The minimum Gasteiger partial charge on any atom is -0.458 e. The first-order chi connectivity index (χ1) is 21.6. The molecule has 0 radical (unpaired) electrons. The summed E-state index contributed by atoms with van der Waals surface area (Å²) in [4.78, 5) is 25.6. The van der Waals surface area contributed by atoms with Gasteiger partial charge in [-0.1, -0.05) is 75.4 Å². The van der Waals surface area contributed by atoms with Gasteiger partial charge in [0.1, 0.15) is 12.2 Å². The Morgan fingerprint density at radius 1 is 0.867 bits per heavy atom. The molecule has 240 valence electrons. The van der Waals surface area contributed by atoms with Crippen molar-refractivity contribution in [1.29, 1.82) is 0 Å².